The fourth-order valence-electron chi connectivity index (χ4n) is 1.83. The van der Waals surface area contributed by atoms with E-state index in [9.17, 15) is 5.11 Å². The zero-order chi connectivity index (χ0) is 12.7. The monoisotopic (exact) mass is 252 g/mol. The van der Waals surface area contributed by atoms with Crippen molar-refractivity contribution in [3.8, 4) is 0 Å². The molecule has 1 atom stereocenters. The first-order valence-electron chi connectivity index (χ1n) is 6.48. The lowest BCUT2D eigenvalue weighted by Gasteiger charge is -2.12. The van der Waals surface area contributed by atoms with Crippen molar-refractivity contribution in [2.75, 3.05) is 11.5 Å². The molecule has 0 bridgehead atoms. The van der Waals surface area contributed by atoms with E-state index in [1.807, 2.05) is 17.8 Å². The number of aliphatic hydroxyl groups excluding tert-OH is 1. The van der Waals surface area contributed by atoms with Gasteiger partial charge in [0.25, 0.3) is 0 Å². The first kappa shape index (κ1) is 14.6. The van der Waals surface area contributed by atoms with Crippen LogP contribution in [0.4, 0.5) is 0 Å². The maximum atomic E-state index is 10.1. The summed E-state index contributed by atoms with van der Waals surface area (Å²) in [6, 6.07) is 8.38. The highest BCUT2D eigenvalue weighted by Gasteiger charge is 2.08. The molecule has 0 fully saturated rings. The SMILES string of the molecule is CCCSCC(O)c1cccc(CC(C)C)c1. The summed E-state index contributed by atoms with van der Waals surface area (Å²) < 4.78 is 0. The molecule has 1 unspecified atom stereocenters. The maximum Gasteiger partial charge on any atom is 0.0880 e. The van der Waals surface area contributed by atoms with Gasteiger partial charge in [-0.05, 0) is 35.6 Å². The minimum absolute atomic E-state index is 0.321. The van der Waals surface area contributed by atoms with Crippen molar-refractivity contribution in [3.05, 3.63) is 35.4 Å². The van der Waals surface area contributed by atoms with Gasteiger partial charge in [0, 0.05) is 5.75 Å². The fourth-order valence-corrected chi connectivity index (χ4v) is 2.71. The van der Waals surface area contributed by atoms with Crippen LogP contribution in [0.3, 0.4) is 0 Å². The minimum atomic E-state index is -0.321. The Morgan fingerprint density at radius 3 is 2.71 bits per heavy atom. The van der Waals surface area contributed by atoms with Crippen LogP contribution < -0.4 is 0 Å². The van der Waals surface area contributed by atoms with Gasteiger partial charge in [-0.3, -0.25) is 0 Å². The van der Waals surface area contributed by atoms with Crippen molar-refractivity contribution in [1.29, 1.82) is 0 Å². The van der Waals surface area contributed by atoms with Crippen LogP contribution in [0.25, 0.3) is 0 Å². The molecule has 1 aromatic rings. The van der Waals surface area contributed by atoms with Crippen LogP contribution in [0.1, 0.15) is 44.4 Å². The molecule has 1 aromatic carbocycles. The number of hydrogen-bond acceptors (Lipinski definition) is 2. The second-order valence-corrected chi connectivity index (χ2v) is 6.08. The van der Waals surface area contributed by atoms with Crippen molar-refractivity contribution in [1.82, 2.24) is 0 Å². The second-order valence-electron chi connectivity index (χ2n) is 4.93. The molecule has 1 N–H and O–H groups in total. The number of thioether (sulfide) groups is 1. The van der Waals surface area contributed by atoms with E-state index in [0.717, 1.165) is 23.5 Å². The van der Waals surface area contributed by atoms with Gasteiger partial charge in [-0.2, -0.15) is 11.8 Å². The van der Waals surface area contributed by atoms with Gasteiger partial charge < -0.3 is 5.11 Å². The molecule has 96 valence electrons. The van der Waals surface area contributed by atoms with Crippen molar-refractivity contribution in [3.63, 3.8) is 0 Å². The van der Waals surface area contributed by atoms with Crippen molar-refractivity contribution >= 4 is 11.8 Å². The van der Waals surface area contributed by atoms with E-state index in [-0.39, 0.29) is 6.10 Å². The molecule has 0 aliphatic heterocycles. The molecule has 0 heterocycles. The van der Waals surface area contributed by atoms with Gasteiger partial charge in [-0.15, -0.1) is 0 Å². The Morgan fingerprint density at radius 1 is 1.29 bits per heavy atom. The van der Waals surface area contributed by atoms with Crippen LogP contribution in [0, 0.1) is 5.92 Å². The van der Waals surface area contributed by atoms with E-state index in [1.54, 1.807) is 0 Å². The molecule has 17 heavy (non-hydrogen) atoms. The Hall–Kier alpha value is -0.470. The zero-order valence-electron chi connectivity index (χ0n) is 11.1. The topological polar surface area (TPSA) is 20.2 Å². The molecule has 1 nitrogen and oxygen atoms in total. The third-order valence-corrected chi connectivity index (χ3v) is 3.85. The molecular weight excluding hydrogens is 228 g/mol. The summed E-state index contributed by atoms with van der Waals surface area (Å²) in [5, 5.41) is 10.1. The van der Waals surface area contributed by atoms with E-state index in [2.05, 4.69) is 39.0 Å². The Bertz CT molecular complexity index is 322. The Kier molecular flexibility index (Phi) is 6.68. The average molecular weight is 252 g/mol. The molecule has 0 aromatic heterocycles. The standard InChI is InChI=1S/C15H24OS/c1-4-8-17-11-15(16)14-7-5-6-13(10-14)9-12(2)3/h5-7,10,12,15-16H,4,8-9,11H2,1-3H3. The highest BCUT2D eigenvalue weighted by Crippen LogP contribution is 2.20. The third-order valence-electron chi connectivity index (χ3n) is 2.60. The first-order chi connectivity index (χ1) is 8.13. The second kappa shape index (κ2) is 7.78. The smallest absolute Gasteiger partial charge is 0.0880 e. The van der Waals surface area contributed by atoms with Crippen LogP contribution in [-0.4, -0.2) is 16.6 Å². The van der Waals surface area contributed by atoms with Gasteiger partial charge in [0.1, 0.15) is 0 Å². The molecule has 0 radical (unpaired) electrons. The van der Waals surface area contributed by atoms with E-state index in [4.69, 9.17) is 0 Å². The summed E-state index contributed by atoms with van der Waals surface area (Å²) in [6.45, 7) is 6.61. The van der Waals surface area contributed by atoms with Crippen LogP contribution in [-0.2, 0) is 6.42 Å². The predicted molar refractivity (Wildman–Crippen MR) is 77.6 cm³/mol. The van der Waals surface area contributed by atoms with Crippen LogP contribution in [0.5, 0.6) is 0 Å². The number of hydrogen-bond donors (Lipinski definition) is 1. The molecule has 0 aliphatic carbocycles. The summed E-state index contributed by atoms with van der Waals surface area (Å²) in [5.41, 5.74) is 2.39. The van der Waals surface area contributed by atoms with Crippen molar-refractivity contribution in [2.45, 2.75) is 39.7 Å². The molecule has 0 amide bonds. The van der Waals surface area contributed by atoms with E-state index in [1.165, 1.54) is 12.0 Å². The van der Waals surface area contributed by atoms with Gasteiger partial charge >= 0.3 is 0 Å². The van der Waals surface area contributed by atoms with Gasteiger partial charge in [0.2, 0.25) is 0 Å². The van der Waals surface area contributed by atoms with E-state index in [0.29, 0.717) is 5.92 Å². The summed E-state index contributed by atoms with van der Waals surface area (Å²) in [4.78, 5) is 0. The lowest BCUT2D eigenvalue weighted by molar-refractivity contribution is 0.204. The highest BCUT2D eigenvalue weighted by atomic mass is 32.2. The first-order valence-corrected chi connectivity index (χ1v) is 7.63. The maximum absolute atomic E-state index is 10.1. The summed E-state index contributed by atoms with van der Waals surface area (Å²) in [7, 11) is 0. The molecule has 0 saturated heterocycles. The predicted octanol–water partition coefficient (Wildman–Crippen LogP) is 4.06. The summed E-state index contributed by atoms with van der Waals surface area (Å²) in [5.74, 6) is 2.60. The highest BCUT2D eigenvalue weighted by molar-refractivity contribution is 7.99. The van der Waals surface area contributed by atoms with Gasteiger partial charge in [-0.1, -0.05) is 45.0 Å². The molecule has 2 heteroatoms. The lowest BCUT2D eigenvalue weighted by Crippen LogP contribution is -2.03. The third kappa shape index (κ3) is 5.60. The molecule has 0 saturated carbocycles. The fraction of sp³-hybridized carbons (Fsp3) is 0.600. The normalized spacial score (nSPS) is 13.0. The van der Waals surface area contributed by atoms with E-state index >= 15 is 0 Å². The molecule has 1 rings (SSSR count). The molecule has 0 aliphatic rings. The number of rotatable bonds is 7. The largest absolute Gasteiger partial charge is 0.388 e. The number of aliphatic hydroxyl groups is 1. The van der Waals surface area contributed by atoms with Crippen LogP contribution in [0.15, 0.2) is 24.3 Å². The van der Waals surface area contributed by atoms with Gasteiger partial charge in [0.05, 0.1) is 6.10 Å². The van der Waals surface area contributed by atoms with Crippen LogP contribution >= 0.6 is 11.8 Å². The van der Waals surface area contributed by atoms with Crippen molar-refractivity contribution < 1.29 is 5.11 Å². The Balaban J connectivity index is 2.57. The van der Waals surface area contributed by atoms with Gasteiger partial charge in [0.15, 0.2) is 0 Å². The summed E-state index contributed by atoms with van der Waals surface area (Å²) >= 11 is 1.83. The van der Waals surface area contributed by atoms with Gasteiger partial charge in [-0.25, -0.2) is 0 Å². The summed E-state index contributed by atoms with van der Waals surface area (Å²) in [6.07, 6.45) is 1.94. The average Bonchev–Trinajstić information content (AvgIpc) is 2.28. The molecule has 0 spiro atoms. The zero-order valence-corrected chi connectivity index (χ0v) is 12.0. The molecular formula is C15H24OS. The van der Waals surface area contributed by atoms with Crippen molar-refractivity contribution in [2.24, 2.45) is 5.92 Å². The van der Waals surface area contributed by atoms with Crippen LogP contribution in [0.2, 0.25) is 0 Å². The minimum Gasteiger partial charge on any atom is -0.388 e. The lowest BCUT2D eigenvalue weighted by atomic mass is 9.99. The number of benzene rings is 1. The van der Waals surface area contributed by atoms with E-state index < -0.39 is 0 Å². The quantitative estimate of drug-likeness (QED) is 0.738. The Labute approximate surface area is 110 Å². The Morgan fingerprint density at radius 2 is 2.06 bits per heavy atom.